The van der Waals surface area contributed by atoms with Crippen LogP contribution in [0.2, 0.25) is 0 Å². The number of ether oxygens (including phenoxy) is 2. The summed E-state index contributed by atoms with van der Waals surface area (Å²) in [5, 5.41) is 11.7. The fraction of sp³-hybridized carbons (Fsp3) is 0.286. The van der Waals surface area contributed by atoms with Gasteiger partial charge in [-0.3, -0.25) is 4.79 Å². The van der Waals surface area contributed by atoms with E-state index in [1.165, 1.54) is 12.3 Å². The molecule has 1 aliphatic rings. The van der Waals surface area contributed by atoms with E-state index in [0.29, 0.717) is 24.5 Å². The van der Waals surface area contributed by atoms with Crippen LogP contribution < -0.4 is 5.32 Å². The van der Waals surface area contributed by atoms with Crippen LogP contribution in [0.3, 0.4) is 0 Å². The zero-order valence-corrected chi connectivity index (χ0v) is 11.2. The monoisotopic (exact) mass is 277 g/mol. The molecule has 1 aromatic rings. The fourth-order valence-corrected chi connectivity index (χ4v) is 1.83. The molecule has 0 bridgehead atoms. The Labute approximate surface area is 116 Å². The van der Waals surface area contributed by atoms with Crippen molar-refractivity contribution in [3.8, 4) is 0 Å². The maximum absolute atomic E-state index is 11.9. The third-order valence-electron chi connectivity index (χ3n) is 3.03. The van der Waals surface area contributed by atoms with E-state index in [2.05, 4.69) is 5.32 Å². The number of aromatic carboxylic acids is 1. The van der Waals surface area contributed by atoms with E-state index in [1.807, 2.05) is 0 Å². The lowest BCUT2D eigenvalue weighted by Gasteiger charge is -2.16. The normalized spacial score (nSPS) is 13.8. The van der Waals surface area contributed by atoms with Crippen LogP contribution in [-0.2, 0) is 14.3 Å². The van der Waals surface area contributed by atoms with Crippen molar-refractivity contribution >= 4 is 17.6 Å². The Morgan fingerprint density at radius 2 is 2.00 bits per heavy atom. The maximum atomic E-state index is 11.9. The number of aryl methyl sites for hydroxylation is 1. The van der Waals surface area contributed by atoms with Crippen LogP contribution in [0, 0.1) is 13.8 Å². The molecule has 0 aromatic heterocycles. The van der Waals surface area contributed by atoms with Crippen molar-refractivity contribution in [3.05, 3.63) is 40.8 Å². The summed E-state index contributed by atoms with van der Waals surface area (Å²) in [6.07, 6.45) is 1.25. The summed E-state index contributed by atoms with van der Waals surface area (Å²) in [4.78, 5) is 23.1. The van der Waals surface area contributed by atoms with Gasteiger partial charge in [0.05, 0.1) is 5.56 Å². The zero-order valence-electron chi connectivity index (χ0n) is 11.2. The van der Waals surface area contributed by atoms with E-state index in [0.717, 1.165) is 5.56 Å². The zero-order chi connectivity index (χ0) is 14.7. The van der Waals surface area contributed by atoms with Gasteiger partial charge in [-0.1, -0.05) is 0 Å². The minimum atomic E-state index is -1.03. The molecule has 0 saturated heterocycles. The van der Waals surface area contributed by atoms with Crippen molar-refractivity contribution in [2.24, 2.45) is 0 Å². The predicted molar refractivity (Wildman–Crippen MR) is 71.5 cm³/mol. The summed E-state index contributed by atoms with van der Waals surface area (Å²) in [5.74, 6) is -1.42. The molecule has 2 rings (SSSR count). The Balaban J connectivity index is 2.23. The second kappa shape index (κ2) is 5.64. The lowest BCUT2D eigenvalue weighted by atomic mass is 10.0. The number of carboxylic acid groups (broad SMARTS) is 1. The molecule has 0 unspecified atom stereocenters. The van der Waals surface area contributed by atoms with Crippen molar-refractivity contribution in [3.63, 3.8) is 0 Å². The Kier molecular flexibility index (Phi) is 3.93. The number of nitrogens with one attached hydrogen (secondary N) is 1. The van der Waals surface area contributed by atoms with Crippen LogP contribution in [0.4, 0.5) is 5.69 Å². The lowest BCUT2D eigenvalue weighted by Crippen LogP contribution is -2.21. The number of amides is 1. The Morgan fingerprint density at radius 3 is 2.60 bits per heavy atom. The van der Waals surface area contributed by atoms with Crippen molar-refractivity contribution in [2.45, 2.75) is 13.8 Å². The Hall–Kier alpha value is -2.50. The van der Waals surface area contributed by atoms with Crippen molar-refractivity contribution < 1.29 is 24.2 Å². The van der Waals surface area contributed by atoms with Crippen LogP contribution in [-0.4, -0.2) is 30.2 Å². The van der Waals surface area contributed by atoms with Gasteiger partial charge in [0.25, 0.3) is 5.91 Å². The Bertz CT molecular complexity index is 591. The highest BCUT2D eigenvalue weighted by atomic mass is 16.6. The molecular weight excluding hydrogens is 262 g/mol. The number of carbonyl (C=O) groups excluding carboxylic acids is 1. The van der Waals surface area contributed by atoms with Gasteiger partial charge in [0, 0.05) is 5.69 Å². The smallest absolute Gasteiger partial charge is 0.336 e. The summed E-state index contributed by atoms with van der Waals surface area (Å²) >= 11 is 0. The number of benzene rings is 1. The molecule has 0 fully saturated rings. The lowest BCUT2D eigenvalue weighted by molar-refractivity contribution is -0.117. The number of rotatable bonds is 3. The number of hydrogen-bond acceptors (Lipinski definition) is 4. The van der Waals surface area contributed by atoms with E-state index in [-0.39, 0.29) is 11.3 Å². The molecular formula is C14H15NO5. The summed E-state index contributed by atoms with van der Waals surface area (Å²) < 4.78 is 10.2. The topological polar surface area (TPSA) is 84.9 Å². The third kappa shape index (κ3) is 2.90. The van der Waals surface area contributed by atoms with E-state index in [4.69, 9.17) is 14.6 Å². The first-order valence-electron chi connectivity index (χ1n) is 6.09. The van der Waals surface area contributed by atoms with Gasteiger partial charge >= 0.3 is 5.97 Å². The van der Waals surface area contributed by atoms with Crippen molar-refractivity contribution in [1.82, 2.24) is 0 Å². The highest BCUT2D eigenvalue weighted by Crippen LogP contribution is 2.21. The summed E-state index contributed by atoms with van der Waals surface area (Å²) in [7, 11) is 0. The van der Waals surface area contributed by atoms with Crippen molar-refractivity contribution in [2.75, 3.05) is 18.5 Å². The number of carbonyl (C=O) groups is 2. The van der Waals surface area contributed by atoms with Gasteiger partial charge in [0.2, 0.25) is 5.76 Å². The highest BCUT2D eigenvalue weighted by Gasteiger charge is 2.17. The first kappa shape index (κ1) is 13.9. The molecule has 1 aliphatic heterocycles. The second-order valence-electron chi connectivity index (χ2n) is 4.43. The van der Waals surface area contributed by atoms with Gasteiger partial charge < -0.3 is 19.9 Å². The minimum absolute atomic E-state index is 0.0753. The van der Waals surface area contributed by atoms with E-state index < -0.39 is 11.9 Å². The predicted octanol–water partition coefficient (Wildman–Crippen LogP) is 1.83. The summed E-state index contributed by atoms with van der Waals surface area (Å²) in [6.45, 7) is 4.23. The first-order valence-corrected chi connectivity index (χ1v) is 6.09. The summed E-state index contributed by atoms with van der Waals surface area (Å²) in [6, 6.07) is 3.14. The highest BCUT2D eigenvalue weighted by molar-refractivity contribution is 6.03. The van der Waals surface area contributed by atoms with E-state index in [9.17, 15) is 9.59 Å². The van der Waals surface area contributed by atoms with Crippen LogP contribution in [0.25, 0.3) is 0 Å². The molecule has 0 aliphatic carbocycles. The van der Waals surface area contributed by atoms with E-state index >= 15 is 0 Å². The fourth-order valence-electron chi connectivity index (χ4n) is 1.83. The van der Waals surface area contributed by atoms with Crippen LogP contribution in [0.1, 0.15) is 21.5 Å². The summed E-state index contributed by atoms with van der Waals surface area (Å²) in [5.41, 5.74) is 2.03. The second-order valence-corrected chi connectivity index (χ2v) is 4.43. The van der Waals surface area contributed by atoms with Crippen LogP contribution in [0.5, 0.6) is 0 Å². The van der Waals surface area contributed by atoms with Crippen LogP contribution >= 0.6 is 0 Å². The molecule has 0 spiro atoms. The molecule has 0 saturated carbocycles. The Morgan fingerprint density at radius 1 is 1.25 bits per heavy atom. The molecule has 106 valence electrons. The molecule has 2 N–H and O–H groups in total. The minimum Gasteiger partial charge on any atom is -0.494 e. The number of carboxylic acids is 1. The average Bonchev–Trinajstić information content (AvgIpc) is 2.43. The molecule has 6 heteroatoms. The van der Waals surface area contributed by atoms with Gasteiger partial charge in [-0.2, -0.15) is 0 Å². The quantitative estimate of drug-likeness (QED) is 0.880. The average molecular weight is 277 g/mol. The molecule has 1 heterocycles. The SMILES string of the molecule is Cc1cc(NC(=O)C2=COCCO2)cc(C(=O)O)c1C. The van der Waals surface area contributed by atoms with Gasteiger partial charge in [0.15, 0.2) is 0 Å². The van der Waals surface area contributed by atoms with Gasteiger partial charge in [-0.25, -0.2) is 4.79 Å². The number of hydrogen-bond donors (Lipinski definition) is 2. The molecule has 6 nitrogen and oxygen atoms in total. The standard InChI is InChI=1S/C14H15NO5/c1-8-5-10(6-11(9(8)2)14(17)18)15-13(16)12-7-19-3-4-20-12/h5-7H,3-4H2,1-2H3,(H,15,16)(H,17,18). The third-order valence-corrected chi connectivity index (χ3v) is 3.03. The molecule has 1 aromatic carbocycles. The molecule has 1 amide bonds. The molecule has 0 atom stereocenters. The van der Waals surface area contributed by atoms with Crippen molar-refractivity contribution in [1.29, 1.82) is 0 Å². The maximum Gasteiger partial charge on any atom is 0.336 e. The van der Waals surface area contributed by atoms with Gasteiger partial charge in [-0.15, -0.1) is 0 Å². The molecule has 20 heavy (non-hydrogen) atoms. The largest absolute Gasteiger partial charge is 0.494 e. The van der Waals surface area contributed by atoms with Gasteiger partial charge in [0.1, 0.15) is 19.5 Å². The first-order chi connectivity index (χ1) is 9.49. The van der Waals surface area contributed by atoms with Gasteiger partial charge in [-0.05, 0) is 37.1 Å². The molecule has 0 radical (unpaired) electrons. The number of anilines is 1. The van der Waals surface area contributed by atoms with E-state index in [1.54, 1.807) is 19.9 Å². The van der Waals surface area contributed by atoms with Crippen LogP contribution in [0.15, 0.2) is 24.2 Å².